The van der Waals surface area contributed by atoms with Gasteiger partial charge in [0.25, 0.3) is 5.91 Å². The van der Waals surface area contributed by atoms with Crippen molar-refractivity contribution in [3.63, 3.8) is 0 Å². The Hall–Kier alpha value is -1.79. The molecule has 1 fully saturated rings. The van der Waals surface area contributed by atoms with E-state index in [-0.39, 0.29) is 12.5 Å². The summed E-state index contributed by atoms with van der Waals surface area (Å²) in [5, 5.41) is 7.34. The molecule has 0 aromatic rings. The number of rotatable bonds is 4. The molecule has 3 N–H and O–H groups in total. The number of carbonyl (C=O) groups excluding carboxylic acids is 3. The molecule has 7 nitrogen and oxygen atoms in total. The lowest BCUT2D eigenvalue weighted by Crippen LogP contribution is -2.56. The predicted octanol–water partition coefficient (Wildman–Crippen LogP) is 1.14. The van der Waals surface area contributed by atoms with Crippen molar-refractivity contribution in [2.24, 2.45) is 5.92 Å². The molecule has 0 aromatic heterocycles. The van der Waals surface area contributed by atoms with Crippen LogP contribution in [0.1, 0.15) is 41.0 Å². The van der Waals surface area contributed by atoms with Gasteiger partial charge in [-0.25, -0.2) is 9.59 Å². The largest absolute Gasteiger partial charge is 0.444 e. The minimum absolute atomic E-state index is 0.00231. The van der Waals surface area contributed by atoms with Gasteiger partial charge in [-0.1, -0.05) is 13.8 Å². The standard InChI is InChI=1S/C13H23N3O4/c1-8(2)6-13(9(17)15-10(18)16-13)7-14-11(19)20-12(3,4)5/h8H,6-7H2,1-5H3,(H,14,19)(H2,15,16,17,18). The Bertz CT molecular complexity index is 414. The van der Waals surface area contributed by atoms with Crippen LogP contribution in [0.4, 0.5) is 9.59 Å². The Balaban J connectivity index is 2.70. The first kappa shape index (κ1) is 16.3. The third kappa shape index (κ3) is 4.40. The maximum atomic E-state index is 12.0. The van der Waals surface area contributed by atoms with E-state index in [4.69, 9.17) is 4.74 Å². The van der Waals surface area contributed by atoms with E-state index in [9.17, 15) is 14.4 Å². The zero-order valence-corrected chi connectivity index (χ0v) is 12.6. The fourth-order valence-corrected chi connectivity index (χ4v) is 2.10. The monoisotopic (exact) mass is 285 g/mol. The van der Waals surface area contributed by atoms with Gasteiger partial charge in [-0.2, -0.15) is 0 Å². The highest BCUT2D eigenvalue weighted by Gasteiger charge is 2.46. The number of hydrogen-bond donors (Lipinski definition) is 3. The second kappa shape index (κ2) is 5.68. The zero-order valence-electron chi connectivity index (χ0n) is 12.6. The van der Waals surface area contributed by atoms with Crippen LogP contribution >= 0.6 is 0 Å². The van der Waals surface area contributed by atoms with Crippen LogP contribution in [0.3, 0.4) is 0 Å². The number of alkyl carbamates (subject to hydrolysis) is 1. The first-order valence-electron chi connectivity index (χ1n) is 6.64. The average molecular weight is 285 g/mol. The van der Waals surface area contributed by atoms with Crippen molar-refractivity contribution in [3.8, 4) is 0 Å². The molecule has 1 saturated heterocycles. The molecule has 0 saturated carbocycles. The highest BCUT2D eigenvalue weighted by molar-refractivity contribution is 6.07. The molecule has 1 heterocycles. The molecule has 20 heavy (non-hydrogen) atoms. The van der Waals surface area contributed by atoms with Crippen LogP contribution in [0.5, 0.6) is 0 Å². The number of amides is 4. The summed E-state index contributed by atoms with van der Waals surface area (Å²) in [4.78, 5) is 34.9. The summed E-state index contributed by atoms with van der Waals surface area (Å²) < 4.78 is 5.12. The van der Waals surface area contributed by atoms with E-state index in [0.29, 0.717) is 6.42 Å². The number of hydrogen-bond acceptors (Lipinski definition) is 4. The van der Waals surface area contributed by atoms with Gasteiger partial charge in [-0.15, -0.1) is 0 Å². The van der Waals surface area contributed by atoms with Crippen LogP contribution in [0.25, 0.3) is 0 Å². The van der Waals surface area contributed by atoms with Crippen LogP contribution in [-0.4, -0.2) is 35.7 Å². The number of ether oxygens (including phenoxy) is 1. The summed E-state index contributed by atoms with van der Waals surface area (Å²) in [6, 6.07) is -0.540. The van der Waals surface area contributed by atoms with Gasteiger partial charge in [0.05, 0.1) is 6.54 Å². The number of imide groups is 1. The van der Waals surface area contributed by atoms with Crippen molar-refractivity contribution in [2.45, 2.75) is 52.2 Å². The Kier molecular flexibility index (Phi) is 4.62. The van der Waals surface area contributed by atoms with Crippen LogP contribution in [0.15, 0.2) is 0 Å². The molecular weight excluding hydrogens is 262 g/mol. The average Bonchev–Trinajstić information content (AvgIpc) is 2.48. The van der Waals surface area contributed by atoms with Crippen molar-refractivity contribution >= 4 is 18.0 Å². The van der Waals surface area contributed by atoms with E-state index in [2.05, 4.69) is 16.0 Å². The molecule has 1 unspecified atom stereocenters. The van der Waals surface area contributed by atoms with Gasteiger partial charge in [-0.3, -0.25) is 10.1 Å². The smallest absolute Gasteiger partial charge is 0.407 e. The molecule has 1 aliphatic rings. The molecule has 1 atom stereocenters. The molecule has 0 aliphatic carbocycles. The summed E-state index contributed by atoms with van der Waals surface area (Å²) >= 11 is 0. The Morgan fingerprint density at radius 2 is 1.95 bits per heavy atom. The van der Waals surface area contributed by atoms with Crippen molar-refractivity contribution in [1.82, 2.24) is 16.0 Å². The molecule has 0 spiro atoms. The molecule has 4 amide bonds. The summed E-state index contributed by atoms with van der Waals surface area (Å²) in [6.07, 6.45) is -0.185. The van der Waals surface area contributed by atoms with Gasteiger partial charge in [0.15, 0.2) is 0 Å². The summed E-state index contributed by atoms with van der Waals surface area (Å²) in [6.45, 7) is 9.12. The summed E-state index contributed by atoms with van der Waals surface area (Å²) in [5.74, 6) is -0.244. The van der Waals surface area contributed by atoms with Gasteiger partial charge < -0.3 is 15.4 Å². The van der Waals surface area contributed by atoms with Gasteiger partial charge >= 0.3 is 12.1 Å². The predicted molar refractivity (Wildman–Crippen MR) is 73.1 cm³/mol. The Labute approximate surface area is 118 Å². The Morgan fingerprint density at radius 3 is 2.35 bits per heavy atom. The first-order chi connectivity index (χ1) is 9.04. The SMILES string of the molecule is CC(C)CC1(CNC(=O)OC(C)(C)C)NC(=O)NC1=O. The van der Waals surface area contributed by atoms with Crippen molar-refractivity contribution < 1.29 is 19.1 Å². The van der Waals surface area contributed by atoms with E-state index < -0.39 is 29.2 Å². The van der Waals surface area contributed by atoms with Gasteiger partial charge in [0, 0.05) is 0 Å². The molecular formula is C13H23N3O4. The van der Waals surface area contributed by atoms with Crippen molar-refractivity contribution in [2.75, 3.05) is 6.54 Å². The third-order valence-corrected chi connectivity index (χ3v) is 2.70. The highest BCUT2D eigenvalue weighted by Crippen LogP contribution is 2.20. The highest BCUT2D eigenvalue weighted by atomic mass is 16.6. The topological polar surface area (TPSA) is 96.5 Å². The van der Waals surface area contributed by atoms with Crippen molar-refractivity contribution in [1.29, 1.82) is 0 Å². The fraction of sp³-hybridized carbons (Fsp3) is 0.769. The third-order valence-electron chi connectivity index (χ3n) is 2.70. The van der Waals surface area contributed by atoms with Gasteiger partial charge in [0.1, 0.15) is 11.1 Å². The lowest BCUT2D eigenvalue weighted by Gasteiger charge is -2.28. The van der Waals surface area contributed by atoms with E-state index >= 15 is 0 Å². The van der Waals surface area contributed by atoms with Crippen molar-refractivity contribution in [3.05, 3.63) is 0 Å². The Morgan fingerprint density at radius 1 is 1.35 bits per heavy atom. The van der Waals surface area contributed by atoms with Crippen LogP contribution in [-0.2, 0) is 9.53 Å². The lowest BCUT2D eigenvalue weighted by molar-refractivity contribution is -0.124. The quantitative estimate of drug-likeness (QED) is 0.675. The molecule has 114 valence electrons. The molecule has 0 bridgehead atoms. The van der Waals surface area contributed by atoms with Crippen LogP contribution in [0, 0.1) is 5.92 Å². The maximum Gasteiger partial charge on any atom is 0.407 e. The van der Waals surface area contributed by atoms with Gasteiger partial charge in [-0.05, 0) is 33.1 Å². The van der Waals surface area contributed by atoms with E-state index in [1.165, 1.54) is 0 Å². The number of nitrogens with one attached hydrogen (secondary N) is 3. The second-order valence-electron chi connectivity index (χ2n) is 6.44. The maximum absolute atomic E-state index is 12.0. The molecule has 1 aliphatic heterocycles. The van der Waals surface area contributed by atoms with Crippen LogP contribution in [0.2, 0.25) is 0 Å². The minimum Gasteiger partial charge on any atom is -0.444 e. The minimum atomic E-state index is -1.11. The van der Waals surface area contributed by atoms with E-state index in [1.54, 1.807) is 20.8 Å². The van der Waals surface area contributed by atoms with E-state index in [0.717, 1.165) is 0 Å². The van der Waals surface area contributed by atoms with Gasteiger partial charge in [0.2, 0.25) is 0 Å². The lowest BCUT2D eigenvalue weighted by atomic mass is 9.89. The zero-order chi connectivity index (χ0) is 15.6. The summed E-state index contributed by atoms with van der Waals surface area (Å²) in [7, 11) is 0. The normalized spacial score (nSPS) is 22.5. The van der Waals surface area contributed by atoms with Crippen LogP contribution < -0.4 is 16.0 Å². The molecule has 7 heteroatoms. The molecule has 1 rings (SSSR count). The first-order valence-corrected chi connectivity index (χ1v) is 6.64. The summed E-state index contributed by atoms with van der Waals surface area (Å²) in [5.41, 5.74) is -1.72. The molecule has 0 aromatic carbocycles. The number of carbonyl (C=O) groups is 3. The second-order valence-corrected chi connectivity index (χ2v) is 6.44. The number of urea groups is 1. The fourth-order valence-electron chi connectivity index (χ4n) is 2.10. The van der Waals surface area contributed by atoms with E-state index in [1.807, 2.05) is 13.8 Å². The molecule has 0 radical (unpaired) electrons.